The molecule has 1 unspecified atom stereocenters. The number of hydrogen-bond acceptors (Lipinski definition) is 3. The standard InChI is InChI=1S/C22H16ClF3N2OS/c1-28-12-2-3-17-19(30-16-10-8-15(23)9-11-16)18(27-21(17)28)13-4-6-14(7-5-13)20(29)22(24,25)26/h2-12,20,29H,1H3. The highest BCUT2D eigenvalue weighted by molar-refractivity contribution is 7.99. The van der Waals surface area contributed by atoms with Gasteiger partial charge in [-0.25, -0.2) is 4.98 Å². The maximum Gasteiger partial charge on any atom is 0.418 e. The molecule has 0 amide bonds. The van der Waals surface area contributed by atoms with E-state index in [1.54, 1.807) is 24.3 Å². The van der Waals surface area contributed by atoms with Crippen LogP contribution in [0.3, 0.4) is 0 Å². The van der Waals surface area contributed by atoms with Crippen LogP contribution in [0.5, 0.6) is 0 Å². The van der Waals surface area contributed by atoms with E-state index < -0.39 is 12.3 Å². The number of aromatic nitrogens is 2. The highest BCUT2D eigenvalue weighted by Gasteiger charge is 2.39. The van der Waals surface area contributed by atoms with E-state index in [2.05, 4.69) is 0 Å². The van der Waals surface area contributed by atoms with Gasteiger partial charge >= 0.3 is 6.18 Å². The molecule has 0 radical (unpaired) electrons. The Kier molecular flexibility index (Phi) is 5.53. The molecule has 0 bridgehead atoms. The van der Waals surface area contributed by atoms with Crippen LogP contribution in [-0.2, 0) is 7.05 Å². The van der Waals surface area contributed by atoms with E-state index in [-0.39, 0.29) is 5.56 Å². The van der Waals surface area contributed by atoms with Crippen LogP contribution in [-0.4, -0.2) is 20.8 Å². The summed E-state index contributed by atoms with van der Waals surface area (Å²) in [6, 6.07) is 17.0. The summed E-state index contributed by atoms with van der Waals surface area (Å²) in [5.74, 6) is 0.767. The molecule has 4 rings (SSSR count). The predicted octanol–water partition coefficient (Wildman–Crippen LogP) is 6.59. The highest BCUT2D eigenvalue weighted by Crippen LogP contribution is 2.44. The first-order chi connectivity index (χ1) is 14.2. The van der Waals surface area contributed by atoms with Gasteiger partial charge in [0.05, 0.1) is 5.69 Å². The molecule has 0 fully saturated rings. The van der Waals surface area contributed by atoms with Gasteiger partial charge in [-0.05, 0) is 42.0 Å². The van der Waals surface area contributed by atoms with Gasteiger partial charge in [-0.1, -0.05) is 47.6 Å². The van der Waals surface area contributed by atoms with Gasteiger partial charge in [-0.2, -0.15) is 13.2 Å². The van der Waals surface area contributed by atoms with E-state index in [0.717, 1.165) is 21.2 Å². The molecule has 0 saturated carbocycles. The molecule has 2 heterocycles. The molecule has 1 atom stereocenters. The fourth-order valence-corrected chi connectivity index (χ4v) is 4.30. The number of pyridine rings is 1. The monoisotopic (exact) mass is 448 g/mol. The first-order valence-electron chi connectivity index (χ1n) is 8.97. The molecule has 8 heteroatoms. The van der Waals surface area contributed by atoms with Crippen molar-refractivity contribution in [1.82, 2.24) is 9.55 Å². The molecule has 1 N–H and O–H groups in total. The number of aliphatic hydroxyl groups is 1. The van der Waals surface area contributed by atoms with E-state index in [1.165, 1.54) is 23.9 Å². The quantitative estimate of drug-likeness (QED) is 0.382. The average Bonchev–Trinajstić information content (AvgIpc) is 3.08. The molecule has 0 saturated heterocycles. The molecule has 30 heavy (non-hydrogen) atoms. The molecular weight excluding hydrogens is 433 g/mol. The molecule has 0 spiro atoms. The Balaban J connectivity index is 1.79. The van der Waals surface area contributed by atoms with Gasteiger partial charge in [0, 0.05) is 39.2 Å². The summed E-state index contributed by atoms with van der Waals surface area (Å²) in [7, 11) is 1.89. The van der Waals surface area contributed by atoms with Gasteiger partial charge in [-0.3, -0.25) is 0 Å². The maximum absolute atomic E-state index is 12.8. The van der Waals surface area contributed by atoms with Crippen molar-refractivity contribution in [3.8, 4) is 22.6 Å². The lowest BCUT2D eigenvalue weighted by molar-refractivity contribution is -0.206. The zero-order chi connectivity index (χ0) is 21.5. The number of halogens is 4. The largest absolute Gasteiger partial charge is 0.418 e. The minimum Gasteiger partial charge on any atom is -0.379 e. The normalized spacial score (nSPS) is 13.0. The lowest BCUT2D eigenvalue weighted by Crippen LogP contribution is -2.19. The van der Waals surface area contributed by atoms with Crippen molar-refractivity contribution in [3.05, 3.63) is 77.4 Å². The second-order valence-corrected chi connectivity index (χ2v) is 8.29. The third-order valence-corrected chi connectivity index (χ3v) is 6.05. The molecular formula is C22H16ClF3N2OS. The molecule has 2 aromatic carbocycles. The summed E-state index contributed by atoms with van der Waals surface area (Å²) >= 11 is 7.50. The number of benzene rings is 2. The average molecular weight is 449 g/mol. The maximum atomic E-state index is 12.8. The van der Waals surface area contributed by atoms with Crippen molar-refractivity contribution < 1.29 is 18.3 Å². The van der Waals surface area contributed by atoms with Crippen LogP contribution >= 0.6 is 23.4 Å². The molecule has 0 aliphatic carbocycles. The van der Waals surface area contributed by atoms with Crippen molar-refractivity contribution in [3.63, 3.8) is 0 Å². The number of hydrogen-bond donors (Lipinski definition) is 1. The van der Waals surface area contributed by atoms with Gasteiger partial charge in [-0.15, -0.1) is 0 Å². The van der Waals surface area contributed by atoms with Gasteiger partial charge in [0.15, 0.2) is 6.10 Å². The summed E-state index contributed by atoms with van der Waals surface area (Å²) in [5, 5.41) is 10.1. The van der Waals surface area contributed by atoms with Crippen LogP contribution < -0.4 is 0 Å². The Hall–Kier alpha value is -2.48. The summed E-state index contributed by atoms with van der Waals surface area (Å²) < 4.78 is 40.3. The van der Waals surface area contributed by atoms with Gasteiger partial charge in [0.2, 0.25) is 0 Å². The second-order valence-electron chi connectivity index (χ2n) is 6.77. The minimum absolute atomic E-state index is 0.208. The van der Waals surface area contributed by atoms with E-state index in [9.17, 15) is 18.3 Å². The molecule has 0 aromatic heterocycles. The Labute approximate surface area is 180 Å². The minimum atomic E-state index is -4.71. The molecule has 2 aliphatic rings. The lowest BCUT2D eigenvalue weighted by Gasteiger charge is -2.15. The lowest BCUT2D eigenvalue weighted by atomic mass is 10.0. The summed E-state index contributed by atoms with van der Waals surface area (Å²) in [5.41, 5.74) is 2.06. The summed E-state index contributed by atoms with van der Waals surface area (Å²) in [4.78, 5) is 6.61. The molecule has 3 nitrogen and oxygen atoms in total. The van der Waals surface area contributed by atoms with E-state index in [1.807, 2.05) is 42.1 Å². The number of aryl methyl sites for hydroxylation is 1. The van der Waals surface area contributed by atoms with Crippen LogP contribution in [0, 0.1) is 0 Å². The van der Waals surface area contributed by atoms with Crippen molar-refractivity contribution in [2.75, 3.05) is 0 Å². The van der Waals surface area contributed by atoms with Crippen LogP contribution in [0.25, 0.3) is 22.6 Å². The third kappa shape index (κ3) is 4.05. The summed E-state index contributed by atoms with van der Waals surface area (Å²) in [6.45, 7) is 0. The third-order valence-electron chi connectivity index (χ3n) is 4.67. The Bertz CT molecular complexity index is 1140. The van der Waals surface area contributed by atoms with Crippen molar-refractivity contribution in [2.45, 2.75) is 22.1 Å². The first kappa shape index (κ1) is 20.8. The highest BCUT2D eigenvalue weighted by atomic mass is 35.5. The van der Waals surface area contributed by atoms with Gasteiger partial charge in [0.25, 0.3) is 0 Å². The van der Waals surface area contributed by atoms with Crippen LogP contribution in [0.2, 0.25) is 5.02 Å². The fraction of sp³-hybridized carbons (Fsp3) is 0.136. The number of alkyl halides is 3. The van der Waals surface area contributed by atoms with E-state index in [0.29, 0.717) is 16.3 Å². The van der Waals surface area contributed by atoms with Crippen molar-refractivity contribution >= 4 is 23.4 Å². The predicted molar refractivity (Wildman–Crippen MR) is 112 cm³/mol. The number of rotatable bonds is 4. The SMILES string of the molecule is Cn1cccc2c(Sc3ccc(Cl)cc3)c(-c3ccc(C(O)C(F)(F)F)cc3)nc1-2. The van der Waals surface area contributed by atoms with Crippen LogP contribution in [0.15, 0.2) is 76.7 Å². The van der Waals surface area contributed by atoms with E-state index in [4.69, 9.17) is 16.6 Å². The zero-order valence-corrected chi connectivity index (χ0v) is 17.3. The zero-order valence-electron chi connectivity index (χ0n) is 15.7. The second kappa shape index (κ2) is 7.98. The Morgan fingerprint density at radius 3 is 2.33 bits per heavy atom. The van der Waals surface area contributed by atoms with E-state index >= 15 is 0 Å². The topological polar surface area (TPSA) is 38.0 Å². The number of nitrogens with zero attached hydrogens (tertiary/aromatic N) is 2. The summed E-state index contributed by atoms with van der Waals surface area (Å²) in [6.07, 6.45) is -5.34. The van der Waals surface area contributed by atoms with Gasteiger partial charge < -0.3 is 9.67 Å². The number of aliphatic hydroxyl groups excluding tert-OH is 1. The Morgan fingerprint density at radius 2 is 1.70 bits per heavy atom. The molecule has 2 aromatic rings. The Morgan fingerprint density at radius 1 is 1.03 bits per heavy atom. The van der Waals surface area contributed by atoms with Crippen molar-refractivity contribution in [1.29, 1.82) is 0 Å². The van der Waals surface area contributed by atoms with Gasteiger partial charge in [0.1, 0.15) is 5.82 Å². The van der Waals surface area contributed by atoms with Crippen LogP contribution in [0.1, 0.15) is 11.7 Å². The first-order valence-corrected chi connectivity index (χ1v) is 10.2. The van der Waals surface area contributed by atoms with Crippen molar-refractivity contribution in [2.24, 2.45) is 7.05 Å². The molecule has 2 aliphatic heterocycles. The fourth-order valence-electron chi connectivity index (χ4n) is 3.14. The smallest absolute Gasteiger partial charge is 0.379 e. The van der Waals surface area contributed by atoms with Crippen LogP contribution in [0.4, 0.5) is 13.2 Å². The number of fused-ring (bicyclic) bond motifs is 1. The molecule has 154 valence electrons.